The molecule has 1 heterocycles. The summed E-state index contributed by atoms with van der Waals surface area (Å²) in [7, 11) is 1.40. The summed E-state index contributed by atoms with van der Waals surface area (Å²) in [5.41, 5.74) is 2.34. The zero-order valence-electron chi connectivity index (χ0n) is 10.0. The highest BCUT2D eigenvalue weighted by Gasteiger charge is 2.11. The van der Waals surface area contributed by atoms with Crippen molar-refractivity contribution in [1.29, 1.82) is 0 Å². The molecule has 16 heavy (non-hydrogen) atoms. The Labute approximate surface area is 95.6 Å². The van der Waals surface area contributed by atoms with Crippen molar-refractivity contribution >= 4 is 5.97 Å². The lowest BCUT2D eigenvalue weighted by Gasteiger charge is -2.10. The van der Waals surface area contributed by atoms with Crippen molar-refractivity contribution < 1.29 is 9.53 Å². The molecule has 0 amide bonds. The predicted octanol–water partition coefficient (Wildman–Crippen LogP) is 0.802. The number of nitrogens with one attached hydrogen (secondary N) is 2. The van der Waals surface area contributed by atoms with E-state index in [9.17, 15) is 4.79 Å². The van der Waals surface area contributed by atoms with E-state index in [0.717, 1.165) is 25.1 Å². The third-order valence-corrected chi connectivity index (χ3v) is 2.56. The Kier molecular flexibility index (Phi) is 4.98. The molecule has 1 aromatic heterocycles. The maximum atomic E-state index is 11.1. The number of nitrogens with zero attached hydrogens (tertiary/aromatic N) is 1. The van der Waals surface area contributed by atoms with Crippen molar-refractivity contribution in [1.82, 2.24) is 15.5 Å². The average molecular weight is 225 g/mol. The molecule has 5 heteroatoms. The van der Waals surface area contributed by atoms with E-state index in [2.05, 4.69) is 20.3 Å². The van der Waals surface area contributed by atoms with Gasteiger partial charge in [0.05, 0.1) is 13.3 Å². The number of hydrogen-bond donors (Lipinski definition) is 2. The fraction of sp³-hybridized carbons (Fsp3) is 0.636. The van der Waals surface area contributed by atoms with Crippen molar-refractivity contribution in [2.24, 2.45) is 0 Å². The summed E-state index contributed by atoms with van der Waals surface area (Å²) in [5.74, 6) is -0.223. The van der Waals surface area contributed by atoms with Crippen LogP contribution in [0.4, 0.5) is 0 Å². The van der Waals surface area contributed by atoms with Crippen LogP contribution in [0.2, 0.25) is 0 Å². The number of H-pyrrole nitrogens is 1. The first-order valence-electron chi connectivity index (χ1n) is 5.45. The minimum absolute atomic E-state index is 0.223. The third-order valence-electron chi connectivity index (χ3n) is 2.56. The number of hydrogen-bond acceptors (Lipinski definition) is 4. The number of methoxy groups -OCH3 is 1. The molecule has 0 spiro atoms. The number of rotatable bonds is 6. The Morgan fingerprint density at radius 2 is 2.44 bits per heavy atom. The number of esters is 1. The van der Waals surface area contributed by atoms with E-state index in [1.54, 1.807) is 6.92 Å². The SMILES string of the molecule is COC(=O)C(C)NCCCc1cn[nH]c1C. The molecule has 0 saturated carbocycles. The van der Waals surface area contributed by atoms with Gasteiger partial charge in [-0.05, 0) is 38.8 Å². The second-order valence-corrected chi connectivity index (χ2v) is 3.82. The second-order valence-electron chi connectivity index (χ2n) is 3.82. The largest absolute Gasteiger partial charge is 0.468 e. The van der Waals surface area contributed by atoms with Gasteiger partial charge in [0.25, 0.3) is 0 Å². The molecule has 0 aromatic carbocycles. The molecule has 1 atom stereocenters. The number of carbonyl (C=O) groups is 1. The van der Waals surface area contributed by atoms with E-state index < -0.39 is 0 Å². The normalized spacial score (nSPS) is 12.4. The molecule has 2 N–H and O–H groups in total. The third kappa shape index (κ3) is 3.66. The van der Waals surface area contributed by atoms with Gasteiger partial charge in [-0.2, -0.15) is 5.10 Å². The maximum Gasteiger partial charge on any atom is 0.322 e. The van der Waals surface area contributed by atoms with E-state index in [1.165, 1.54) is 12.7 Å². The molecule has 1 unspecified atom stereocenters. The van der Waals surface area contributed by atoms with E-state index in [0.29, 0.717) is 0 Å². The Morgan fingerprint density at radius 3 is 3.00 bits per heavy atom. The lowest BCUT2D eigenvalue weighted by molar-refractivity contribution is -0.142. The van der Waals surface area contributed by atoms with Gasteiger partial charge in [-0.15, -0.1) is 0 Å². The Balaban J connectivity index is 2.17. The number of aryl methyl sites for hydroxylation is 2. The Bertz CT molecular complexity index is 336. The summed E-state index contributed by atoms with van der Waals surface area (Å²) >= 11 is 0. The number of carbonyl (C=O) groups excluding carboxylic acids is 1. The van der Waals surface area contributed by atoms with Gasteiger partial charge in [-0.1, -0.05) is 0 Å². The predicted molar refractivity (Wildman–Crippen MR) is 61.1 cm³/mol. The molecule has 1 rings (SSSR count). The molecule has 0 radical (unpaired) electrons. The molecule has 1 aromatic rings. The van der Waals surface area contributed by atoms with Crippen molar-refractivity contribution in [3.8, 4) is 0 Å². The van der Waals surface area contributed by atoms with Crippen LogP contribution >= 0.6 is 0 Å². The molecular formula is C11H19N3O2. The Hall–Kier alpha value is -1.36. The number of ether oxygens (including phenoxy) is 1. The quantitative estimate of drug-likeness (QED) is 0.555. The lowest BCUT2D eigenvalue weighted by atomic mass is 10.1. The molecule has 0 fully saturated rings. The summed E-state index contributed by atoms with van der Waals surface area (Å²) in [6, 6.07) is -0.240. The van der Waals surface area contributed by atoms with Crippen LogP contribution in [-0.4, -0.2) is 35.9 Å². The first kappa shape index (κ1) is 12.7. The second kappa shape index (κ2) is 6.27. The van der Waals surface area contributed by atoms with Gasteiger partial charge in [-0.3, -0.25) is 9.89 Å². The number of aromatic amines is 1. The van der Waals surface area contributed by atoms with Gasteiger partial charge >= 0.3 is 5.97 Å². The van der Waals surface area contributed by atoms with Crippen LogP contribution in [-0.2, 0) is 16.0 Å². The van der Waals surface area contributed by atoms with Gasteiger partial charge in [0, 0.05) is 5.69 Å². The zero-order chi connectivity index (χ0) is 12.0. The average Bonchev–Trinajstić information content (AvgIpc) is 2.69. The van der Waals surface area contributed by atoms with Crippen molar-refractivity contribution in [2.45, 2.75) is 32.7 Å². The smallest absolute Gasteiger partial charge is 0.322 e. The minimum Gasteiger partial charge on any atom is -0.468 e. The minimum atomic E-state index is -0.240. The molecular weight excluding hydrogens is 206 g/mol. The first-order chi connectivity index (χ1) is 7.65. The van der Waals surface area contributed by atoms with Crippen LogP contribution in [0.1, 0.15) is 24.6 Å². The standard InChI is InChI=1S/C11H19N3O2/c1-8-10(7-13-14-8)5-4-6-12-9(2)11(15)16-3/h7,9,12H,4-6H2,1-3H3,(H,13,14). The van der Waals surface area contributed by atoms with Gasteiger partial charge in [0.15, 0.2) is 0 Å². The molecule has 90 valence electrons. The van der Waals surface area contributed by atoms with Crippen molar-refractivity contribution in [3.05, 3.63) is 17.5 Å². The van der Waals surface area contributed by atoms with Crippen LogP contribution in [0.15, 0.2) is 6.20 Å². The molecule has 0 aliphatic heterocycles. The highest BCUT2D eigenvalue weighted by Crippen LogP contribution is 2.05. The van der Waals surface area contributed by atoms with E-state index in [-0.39, 0.29) is 12.0 Å². The first-order valence-corrected chi connectivity index (χ1v) is 5.45. The Morgan fingerprint density at radius 1 is 1.69 bits per heavy atom. The molecule has 0 aliphatic rings. The van der Waals surface area contributed by atoms with Crippen LogP contribution in [0.25, 0.3) is 0 Å². The fourth-order valence-corrected chi connectivity index (χ4v) is 1.49. The van der Waals surface area contributed by atoms with Crippen LogP contribution < -0.4 is 5.32 Å². The topological polar surface area (TPSA) is 67.0 Å². The summed E-state index contributed by atoms with van der Waals surface area (Å²) < 4.78 is 4.62. The molecule has 0 bridgehead atoms. The van der Waals surface area contributed by atoms with E-state index in [4.69, 9.17) is 0 Å². The summed E-state index contributed by atoms with van der Waals surface area (Å²) in [5, 5.41) is 9.97. The van der Waals surface area contributed by atoms with Crippen LogP contribution in [0.5, 0.6) is 0 Å². The summed E-state index contributed by atoms with van der Waals surface area (Å²) in [6.07, 6.45) is 3.78. The summed E-state index contributed by atoms with van der Waals surface area (Å²) in [4.78, 5) is 11.1. The molecule has 0 saturated heterocycles. The zero-order valence-corrected chi connectivity index (χ0v) is 10.0. The highest BCUT2D eigenvalue weighted by molar-refractivity contribution is 5.74. The van der Waals surface area contributed by atoms with Crippen molar-refractivity contribution in [2.75, 3.05) is 13.7 Å². The maximum absolute atomic E-state index is 11.1. The van der Waals surface area contributed by atoms with Crippen LogP contribution in [0.3, 0.4) is 0 Å². The summed E-state index contributed by atoms with van der Waals surface area (Å²) in [6.45, 7) is 4.60. The molecule has 0 aliphatic carbocycles. The highest BCUT2D eigenvalue weighted by atomic mass is 16.5. The lowest BCUT2D eigenvalue weighted by Crippen LogP contribution is -2.35. The van der Waals surface area contributed by atoms with Gasteiger partial charge in [0.2, 0.25) is 0 Å². The monoisotopic (exact) mass is 225 g/mol. The molecule has 5 nitrogen and oxygen atoms in total. The van der Waals surface area contributed by atoms with Crippen molar-refractivity contribution in [3.63, 3.8) is 0 Å². The number of aromatic nitrogens is 2. The van der Waals surface area contributed by atoms with E-state index in [1.807, 2.05) is 13.1 Å². The van der Waals surface area contributed by atoms with Gasteiger partial charge in [-0.25, -0.2) is 0 Å². The van der Waals surface area contributed by atoms with Gasteiger partial charge in [0.1, 0.15) is 6.04 Å². The van der Waals surface area contributed by atoms with E-state index >= 15 is 0 Å². The fourth-order valence-electron chi connectivity index (χ4n) is 1.49. The van der Waals surface area contributed by atoms with Crippen LogP contribution in [0, 0.1) is 6.92 Å². The van der Waals surface area contributed by atoms with Gasteiger partial charge < -0.3 is 10.1 Å².